The van der Waals surface area contributed by atoms with Gasteiger partial charge in [-0.25, -0.2) is 4.39 Å². The Kier molecular flexibility index (Phi) is 4.83. The zero-order valence-corrected chi connectivity index (χ0v) is 17.2. The first-order chi connectivity index (χ1) is 12.1. The van der Waals surface area contributed by atoms with E-state index in [1.54, 1.807) is 6.07 Å². The van der Waals surface area contributed by atoms with E-state index >= 15 is 0 Å². The van der Waals surface area contributed by atoms with Gasteiger partial charge in [-0.1, -0.05) is 20.8 Å². The summed E-state index contributed by atoms with van der Waals surface area (Å²) in [4.78, 5) is 4.08. The molecule has 0 spiro atoms. The van der Waals surface area contributed by atoms with E-state index in [0.717, 1.165) is 18.5 Å². The number of aromatic nitrogens is 3. The second kappa shape index (κ2) is 6.55. The molecule has 0 unspecified atom stereocenters. The predicted molar refractivity (Wildman–Crippen MR) is 102 cm³/mol. The monoisotopic (exact) mass is 377 g/mol. The van der Waals surface area contributed by atoms with Crippen LogP contribution in [0.2, 0.25) is 18.1 Å². The SMILES string of the molecule is CC(C)(C)[Si](C)(C)OC1(Cn2nc(-c3ccc(F)cn3)cc2CO)CC1. The Hall–Kier alpha value is -1.57. The van der Waals surface area contributed by atoms with Crippen LogP contribution in [0.25, 0.3) is 11.4 Å². The Morgan fingerprint density at radius 2 is 1.96 bits per heavy atom. The average molecular weight is 378 g/mol. The molecule has 2 heterocycles. The highest BCUT2D eigenvalue weighted by atomic mass is 28.4. The first kappa shape index (κ1) is 19.2. The number of nitrogens with zero attached hydrogens (tertiary/aromatic N) is 3. The topological polar surface area (TPSA) is 60.2 Å². The lowest BCUT2D eigenvalue weighted by atomic mass is 10.2. The molecule has 1 N–H and O–H groups in total. The smallest absolute Gasteiger partial charge is 0.192 e. The van der Waals surface area contributed by atoms with Gasteiger partial charge in [0.25, 0.3) is 0 Å². The van der Waals surface area contributed by atoms with Gasteiger partial charge in [0, 0.05) is 0 Å². The van der Waals surface area contributed by atoms with Crippen molar-refractivity contribution >= 4 is 8.32 Å². The summed E-state index contributed by atoms with van der Waals surface area (Å²) in [6.07, 6.45) is 3.19. The van der Waals surface area contributed by atoms with Crippen molar-refractivity contribution < 1.29 is 13.9 Å². The average Bonchev–Trinajstić information content (AvgIpc) is 3.16. The van der Waals surface area contributed by atoms with Crippen LogP contribution in [0.5, 0.6) is 0 Å². The highest BCUT2D eigenvalue weighted by Gasteiger charge is 2.51. The lowest BCUT2D eigenvalue weighted by Crippen LogP contribution is -2.46. The van der Waals surface area contributed by atoms with Crippen molar-refractivity contribution in [3.8, 4) is 11.4 Å². The van der Waals surface area contributed by atoms with Gasteiger partial charge >= 0.3 is 0 Å². The van der Waals surface area contributed by atoms with E-state index in [1.165, 1.54) is 12.3 Å². The van der Waals surface area contributed by atoms with E-state index in [-0.39, 0.29) is 23.1 Å². The third-order valence-corrected chi connectivity index (χ3v) is 10.1. The molecule has 2 aromatic heterocycles. The van der Waals surface area contributed by atoms with Crippen molar-refractivity contribution in [1.29, 1.82) is 0 Å². The number of aliphatic hydroxyl groups excluding tert-OH is 1. The minimum absolute atomic E-state index is 0.107. The van der Waals surface area contributed by atoms with Crippen LogP contribution in [-0.2, 0) is 17.6 Å². The van der Waals surface area contributed by atoms with Crippen LogP contribution in [0.15, 0.2) is 24.4 Å². The Balaban J connectivity index is 1.82. The van der Waals surface area contributed by atoms with Crippen LogP contribution in [0, 0.1) is 5.82 Å². The minimum Gasteiger partial charge on any atom is -0.409 e. The number of rotatable bonds is 6. The van der Waals surface area contributed by atoms with Crippen molar-refractivity contribution in [3.05, 3.63) is 35.9 Å². The summed E-state index contributed by atoms with van der Waals surface area (Å²) in [5.74, 6) is -0.379. The summed E-state index contributed by atoms with van der Waals surface area (Å²) in [5, 5.41) is 14.5. The van der Waals surface area contributed by atoms with Crippen LogP contribution in [0.4, 0.5) is 4.39 Å². The summed E-state index contributed by atoms with van der Waals surface area (Å²) in [6.45, 7) is 11.7. The molecule has 0 bridgehead atoms. The fourth-order valence-corrected chi connectivity index (χ4v) is 4.43. The third-order valence-electron chi connectivity index (χ3n) is 5.54. The maximum absolute atomic E-state index is 13.1. The first-order valence-electron chi connectivity index (χ1n) is 9.05. The van der Waals surface area contributed by atoms with Crippen LogP contribution in [0.1, 0.15) is 39.3 Å². The van der Waals surface area contributed by atoms with Gasteiger partial charge in [-0.05, 0) is 49.2 Å². The number of hydrogen-bond acceptors (Lipinski definition) is 4. The van der Waals surface area contributed by atoms with Crippen molar-refractivity contribution in [2.75, 3.05) is 0 Å². The Labute approximate surface area is 155 Å². The second-order valence-electron chi connectivity index (χ2n) is 8.74. The highest BCUT2D eigenvalue weighted by molar-refractivity contribution is 6.74. The van der Waals surface area contributed by atoms with Gasteiger partial charge in [0.1, 0.15) is 11.5 Å². The van der Waals surface area contributed by atoms with Gasteiger partial charge < -0.3 is 9.53 Å². The molecule has 1 saturated carbocycles. The van der Waals surface area contributed by atoms with Crippen LogP contribution >= 0.6 is 0 Å². The van der Waals surface area contributed by atoms with Gasteiger partial charge in [-0.2, -0.15) is 5.10 Å². The predicted octanol–water partition coefficient (Wildman–Crippen LogP) is 4.13. The molecule has 0 saturated heterocycles. The minimum atomic E-state index is -1.88. The Morgan fingerprint density at radius 3 is 2.46 bits per heavy atom. The van der Waals surface area contributed by atoms with Gasteiger partial charge in [-0.3, -0.25) is 9.67 Å². The van der Waals surface area contributed by atoms with Gasteiger partial charge in [-0.15, -0.1) is 0 Å². The fraction of sp³-hybridized carbons (Fsp3) is 0.579. The Morgan fingerprint density at radius 1 is 1.27 bits per heavy atom. The Bertz CT molecular complexity index is 777. The molecule has 2 aromatic rings. The van der Waals surface area contributed by atoms with E-state index in [0.29, 0.717) is 17.9 Å². The zero-order valence-electron chi connectivity index (χ0n) is 16.2. The van der Waals surface area contributed by atoms with Crippen LogP contribution in [-0.4, -0.2) is 33.8 Å². The van der Waals surface area contributed by atoms with Gasteiger partial charge in [0.15, 0.2) is 8.32 Å². The first-order valence-corrected chi connectivity index (χ1v) is 12.0. The van der Waals surface area contributed by atoms with E-state index in [1.807, 2.05) is 10.7 Å². The summed E-state index contributed by atoms with van der Waals surface area (Å²) in [7, 11) is -1.88. The molecule has 1 fully saturated rings. The molecule has 142 valence electrons. The zero-order chi connectivity index (χ0) is 19.2. The molecule has 0 amide bonds. The summed E-state index contributed by atoms with van der Waals surface area (Å²) >= 11 is 0. The molecule has 1 aliphatic rings. The lowest BCUT2D eigenvalue weighted by molar-refractivity contribution is 0.129. The molecular formula is C19H28FN3O2Si. The van der Waals surface area contributed by atoms with Crippen LogP contribution in [0.3, 0.4) is 0 Å². The standard InChI is InChI=1S/C19H28FN3O2Si/c1-18(2,3)26(4,5)25-19(8-9-19)13-23-15(12-24)10-17(22-23)16-7-6-14(20)11-21-16/h6-7,10-11,24H,8-9,12-13H2,1-5H3. The molecule has 0 atom stereocenters. The summed E-state index contributed by atoms with van der Waals surface area (Å²) in [6, 6.07) is 4.77. The molecule has 0 radical (unpaired) electrons. The van der Waals surface area contributed by atoms with Crippen molar-refractivity contribution in [3.63, 3.8) is 0 Å². The molecule has 0 aromatic carbocycles. The van der Waals surface area contributed by atoms with Crippen LogP contribution < -0.4 is 0 Å². The summed E-state index contributed by atoms with van der Waals surface area (Å²) < 4.78 is 21.6. The molecule has 5 nitrogen and oxygen atoms in total. The number of halogens is 1. The van der Waals surface area contributed by atoms with E-state index in [2.05, 4.69) is 43.9 Å². The maximum atomic E-state index is 13.1. The highest BCUT2D eigenvalue weighted by Crippen LogP contribution is 2.48. The second-order valence-corrected chi connectivity index (χ2v) is 13.5. The van der Waals surface area contributed by atoms with Crippen molar-refractivity contribution in [2.24, 2.45) is 0 Å². The van der Waals surface area contributed by atoms with Crippen molar-refractivity contribution in [2.45, 2.75) is 70.5 Å². The number of aliphatic hydroxyl groups is 1. The van der Waals surface area contributed by atoms with Gasteiger partial charge in [0.2, 0.25) is 0 Å². The maximum Gasteiger partial charge on any atom is 0.192 e. The normalized spacial score (nSPS) is 16.7. The van der Waals surface area contributed by atoms with E-state index in [4.69, 9.17) is 4.43 Å². The molecule has 1 aliphatic carbocycles. The number of pyridine rings is 1. The number of hydrogen-bond donors (Lipinski definition) is 1. The summed E-state index contributed by atoms with van der Waals surface area (Å²) in [5.41, 5.74) is 1.76. The van der Waals surface area contributed by atoms with E-state index in [9.17, 15) is 9.50 Å². The van der Waals surface area contributed by atoms with Gasteiger partial charge in [0.05, 0.1) is 36.3 Å². The van der Waals surface area contributed by atoms with Crippen molar-refractivity contribution in [1.82, 2.24) is 14.8 Å². The molecule has 3 rings (SSSR count). The molecule has 26 heavy (non-hydrogen) atoms. The quantitative estimate of drug-likeness (QED) is 0.769. The molecule has 0 aliphatic heterocycles. The fourth-order valence-electron chi connectivity index (χ4n) is 2.77. The largest absolute Gasteiger partial charge is 0.409 e. The molecule has 7 heteroatoms. The third kappa shape index (κ3) is 3.89. The molecular weight excluding hydrogens is 349 g/mol. The lowest BCUT2D eigenvalue weighted by Gasteiger charge is -2.39. The van der Waals surface area contributed by atoms with E-state index < -0.39 is 8.32 Å².